The molecule has 0 fully saturated rings. The van der Waals surface area contributed by atoms with Gasteiger partial charge in [-0.1, -0.05) is 80.1 Å². The third-order valence-electron chi connectivity index (χ3n) is 4.96. The third-order valence-corrected chi connectivity index (χ3v) is 7.46. The Morgan fingerprint density at radius 2 is 1.31 bits per heavy atom. The Labute approximate surface area is 202 Å². The normalized spacial score (nSPS) is 10.5. The third kappa shape index (κ3) is 5.75. The maximum atomic E-state index is 5.83. The van der Waals surface area contributed by atoms with Gasteiger partial charge in [0, 0.05) is 17.1 Å². The van der Waals surface area contributed by atoms with Gasteiger partial charge < -0.3 is 34.7 Å². The second-order valence-corrected chi connectivity index (χ2v) is 9.71. The van der Waals surface area contributed by atoms with E-state index in [1.807, 2.05) is 30.3 Å². The van der Waals surface area contributed by atoms with Crippen LogP contribution in [0.1, 0.15) is 25.5 Å². The molecule has 0 saturated heterocycles. The Morgan fingerprint density at radius 3 is 1.78 bits per heavy atom. The van der Waals surface area contributed by atoms with E-state index in [0.717, 1.165) is 11.3 Å². The van der Waals surface area contributed by atoms with Crippen LogP contribution in [0.4, 0.5) is 0 Å². The number of hydrogen-bond donors (Lipinski definition) is 0. The standard InChI is InChI=1S/C23H21NOP.C5H5.Fe/c1-17(2)21-16-25-23(24-21)20-14-9-15-22(20)26(18-10-5-3-6-11-18)19-12-7-4-8-13-19;1-2-4-5-3-1;/h3-17H,1-2H3;1-5H;/q-1;-5;. The van der Waals surface area contributed by atoms with Crippen LogP contribution >= 0.6 is 7.92 Å². The molecule has 0 saturated carbocycles. The van der Waals surface area contributed by atoms with Crippen molar-refractivity contribution in [2.75, 3.05) is 0 Å². The molecule has 0 unspecified atom stereocenters. The Bertz CT molecular complexity index is 1100. The zero-order chi connectivity index (χ0) is 21.5. The van der Waals surface area contributed by atoms with Crippen LogP contribution in [0.15, 0.2) is 120 Å². The molecule has 4 aromatic carbocycles. The summed E-state index contributed by atoms with van der Waals surface area (Å²) in [6.07, 6.45) is 1.78. The van der Waals surface area contributed by atoms with Crippen molar-refractivity contribution in [3.63, 3.8) is 0 Å². The predicted octanol–water partition coefficient (Wildman–Crippen LogP) is 6.35. The average molecular weight is 479 g/mol. The SMILES string of the molecule is CC(C)c1coc(-[c-]2cccc2P(c2ccccc2)c2ccccc2)n1.[Fe].[cH-]1[cH-][cH-][cH-][cH-]1. The molecule has 5 rings (SSSR count). The van der Waals surface area contributed by atoms with E-state index in [0.29, 0.717) is 11.8 Å². The van der Waals surface area contributed by atoms with Crippen LogP contribution in [0, 0.1) is 0 Å². The first-order valence-corrected chi connectivity index (χ1v) is 11.9. The molecule has 0 radical (unpaired) electrons. The predicted molar refractivity (Wildman–Crippen MR) is 132 cm³/mol. The van der Waals surface area contributed by atoms with Gasteiger partial charge in [-0.05, 0) is 24.4 Å². The number of nitrogens with zero attached hydrogens (tertiary/aromatic N) is 1. The molecule has 32 heavy (non-hydrogen) atoms. The van der Waals surface area contributed by atoms with E-state index in [4.69, 9.17) is 9.40 Å². The second kappa shape index (κ2) is 11.8. The number of benzene rings is 2. The molecule has 4 heteroatoms. The van der Waals surface area contributed by atoms with Gasteiger partial charge in [0.05, 0.1) is 5.69 Å². The van der Waals surface area contributed by atoms with Crippen molar-refractivity contribution in [3.8, 4) is 11.5 Å². The molecule has 168 valence electrons. The van der Waals surface area contributed by atoms with Gasteiger partial charge in [0.2, 0.25) is 0 Å². The summed E-state index contributed by atoms with van der Waals surface area (Å²) in [5, 5.41) is 3.95. The number of oxazole rings is 1. The molecule has 0 atom stereocenters. The van der Waals surface area contributed by atoms with E-state index in [9.17, 15) is 0 Å². The first kappa shape index (κ1) is 24.0. The van der Waals surface area contributed by atoms with Crippen molar-refractivity contribution in [3.05, 3.63) is 121 Å². The maximum absolute atomic E-state index is 5.83. The molecule has 0 bridgehead atoms. The van der Waals surface area contributed by atoms with Crippen LogP contribution in [0.25, 0.3) is 11.5 Å². The second-order valence-electron chi connectivity index (χ2n) is 7.53. The van der Waals surface area contributed by atoms with Crippen LogP contribution in [-0.2, 0) is 17.1 Å². The fraction of sp³-hybridized carbons (Fsp3) is 0.107. The minimum Gasteiger partial charge on any atom is -0.748 e. The summed E-state index contributed by atoms with van der Waals surface area (Å²) >= 11 is 0. The first-order chi connectivity index (χ1) is 15.2. The zero-order valence-corrected chi connectivity index (χ0v) is 20.2. The molecule has 0 spiro atoms. The van der Waals surface area contributed by atoms with Gasteiger partial charge in [-0.2, -0.15) is 6.07 Å². The molecular weight excluding hydrogens is 453 g/mol. The number of rotatable bonds is 5. The van der Waals surface area contributed by atoms with Crippen molar-refractivity contribution in [1.82, 2.24) is 4.98 Å². The van der Waals surface area contributed by atoms with E-state index in [1.54, 1.807) is 6.26 Å². The molecule has 0 amide bonds. The molecule has 0 N–H and O–H groups in total. The van der Waals surface area contributed by atoms with Crippen molar-refractivity contribution in [2.45, 2.75) is 19.8 Å². The molecule has 2 nitrogen and oxygen atoms in total. The Hall–Kier alpha value is -2.70. The van der Waals surface area contributed by atoms with Gasteiger partial charge in [-0.3, -0.25) is 0 Å². The van der Waals surface area contributed by atoms with Crippen molar-refractivity contribution >= 4 is 23.8 Å². The van der Waals surface area contributed by atoms with E-state index in [1.165, 1.54) is 15.9 Å². The smallest absolute Gasteiger partial charge is 0.169 e. The van der Waals surface area contributed by atoms with E-state index >= 15 is 0 Å². The fourth-order valence-corrected chi connectivity index (χ4v) is 5.80. The number of hydrogen-bond acceptors (Lipinski definition) is 2. The summed E-state index contributed by atoms with van der Waals surface area (Å²) < 4.78 is 5.83. The monoisotopic (exact) mass is 479 g/mol. The Kier molecular flexibility index (Phi) is 8.82. The van der Waals surface area contributed by atoms with Crippen LogP contribution in [0.2, 0.25) is 0 Å². The summed E-state index contributed by atoms with van der Waals surface area (Å²) in [5.41, 5.74) is 2.09. The summed E-state index contributed by atoms with van der Waals surface area (Å²) in [5.74, 6) is 1.07. The molecule has 5 aromatic rings. The van der Waals surface area contributed by atoms with Crippen molar-refractivity contribution in [1.29, 1.82) is 0 Å². The quantitative estimate of drug-likeness (QED) is 0.167. The summed E-state index contributed by atoms with van der Waals surface area (Å²) in [4.78, 5) is 4.73. The van der Waals surface area contributed by atoms with Crippen LogP contribution in [-0.4, -0.2) is 4.98 Å². The fourth-order valence-electron chi connectivity index (χ4n) is 3.36. The molecule has 0 aliphatic carbocycles. The first-order valence-electron chi connectivity index (χ1n) is 10.5. The molecule has 0 aliphatic heterocycles. The minimum absolute atomic E-state index is 0. The van der Waals surface area contributed by atoms with Gasteiger partial charge >= 0.3 is 0 Å². The summed E-state index contributed by atoms with van der Waals surface area (Å²) in [6, 6.07) is 37.9. The number of aromatic nitrogens is 1. The van der Waals surface area contributed by atoms with Crippen molar-refractivity contribution in [2.24, 2.45) is 0 Å². The topological polar surface area (TPSA) is 26.0 Å². The van der Waals surface area contributed by atoms with Crippen LogP contribution in [0.5, 0.6) is 0 Å². The molecular formula is C28H26FeNOP-6. The molecule has 1 aromatic heterocycles. The van der Waals surface area contributed by atoms with Gasteiger partial charge in [-0.15, -0.1) is 5.30 Å². The Balaban J connectivity index is 0.000000427. The van der Waals surface area contributed by atoms with E-state index in [-0.39, 0.29) is 17.1 Å². The maximum Gasteiger partial charge on any atom is 0.169 e. The minimum atomic E-state index is -0.659. The van der Waals surface area contributed by atoms with Gasteiger partial charge in [0.25, 0.3) is 0 Å². The summed E-state index contributed by atoms with van der Waals surface area (Å²) in [6.45, 7) is 4.27. The van der Waals surface area contributed by atoms with Crippen LogP contribution < -0.4 is 15.9 Å². The Morgan fingerprint density at radius 1 is 0.781 bits per heavy atom. The average Bonchev–Trinajstić information content (AvgIpc) is 3.58. The van der Waals surface area contributed by atoms with Crippen LogP contribution in [0.3, 0.4) is 0 Å². The summed E-state index contributed by atoms with van der Waals surface area (Å²) in [7, 11) is -0.659. The molecule has 1 heterocycles. The van der Waals surface area contributed by atoms with Crippen molar-refractivity contribution < 1.29 is 21.5 Å². The molecule has 0 aliphatic rings. The van der Waals surface area contributed by atoms with Gasteiger partial charge in [0.15, 0.2) is 5.89 Å². The largest absolute Gasteiger partial charge is 0.748 e. The zero-order valence-electron chi connectivity index (χ0n) is 18.2. The van der Waals surface area contributed by atoms with Gasteiger partial charge in [-0.25, -0.2) is 17.1 Å². The van der Waals surface area contributed by atoms with E-state index < -0.39 is 7.92 Å². The van der Waals surface area contributed by atoms with E-state index in [2.05, 4.69) is 92.7 Å². The van der Waals surface area contributed by atoms with Gasteiger partial charge in [0.1, 0.15) is 6.26 Å².